The molecular formula is C26H44ClNO. The normalized spacial score (nSPS) is 11.3. The number of rotatable bonds is 19. The summed E-state index contributed by atoms with van der Waals surface area (Å²) < 4.78 is 0. The quantitative estimate of drug-likeness (QED) is 0.165. The van der Waals surface area contributed by atoms with Crippen molar-refractivity contribution in [2.24, 2.45) is 0 Å². The van der Waals surface area contributed by atoms with Crippen molar-refractivity contribution in [1.82, 2.24) is 4.90 Å². The molecule has 0 fully saturated rings. The first-order chi connectivity index (χ1) is 14.2. The van der Waals surface area contributed by atoms with Crippen molar-refractivity contribution in [2.45, 2.75) is 104 Å². The highest BCUT2D eigenvalue weighted by atomic mass is 35.5. The van der Waals surface area contributed by atoms with Gasteiger partial charge in [0.15, 0.2) is 5.78 Å². The summed E-state index contributed by atoms with van der Waals surface area (Å²) in [7, 11) is 0. The number of hydrogen-bond donors (Lipinski definition) is 0. The molecule has 1 aromatic rings. The highest BCUT2D eigenvalue weighted by molar-refractivity contribution is 6.30. The van der Waals surface area contributed by atoms with Crippen LogP contribution in [0.25, 0.3) is 0 Å². The summed E-state index contributed by atoms with van der Waals surface area (Å²) in [4.78, 5) is 15.1. The molecule has 2 nitrogen and oxygen atoms in total. The Morgan fingerprint density at radius 3 is 1.55 bits per heavy atom. The summed E-state index contributed by atoms with van der Waals surface area (Å²) in [5.41, 5.74) is 0.776. The summed E-state index contributed by atoms with van der Waals surface area (Å²) in [5.74, 6) is 0.215. The van der Waals surface area contributed by atoms with Crippen LogP contribution in [0.2, 0.25) is 5.02 Å². The van der Waals surface area contributed by atoms with Gasteiger partial charge in [-0.15, -0.1) is 0 Å². The number of carbonyl (C=O) groups is 1. The molecule has 0 aromatic heterocycles. The summed E-state index contributed by atoms with van der Waals surface area (Å²) in [6.45, 7) is 7.15. The number of benzene rings is 1. The van der Waals surface area contributed by atoms with Crippen molar-refractivity contribution in [2.75, 3.05) is 19.6 Å². The van der Waals surface area contributed by atoms with Gasteiger partial charge in [-0.3, -0.25) is 9.69 Å². The molecule has 0 bridgehead atoms. The second-order valence-corrected chi connectivity index (χ2v) is 8.89. The second-order valence-electron chi connectivity index (χ2n) is 8.45. The van der Waals surface area contributed by atoms with E-state index < -0.39 is 0 Å². The molecule has 1 rings (SSSR count). The molecule has 1 aromatic carbocycles. The van der Waals surface area contributed by atoms with Gasteiger partial charge in [0.05, 0.1) is 6.54 Å². The maximum Gasteiger partial charge on any atom is 0.176 e. The lowest BCUT2D eigenvalue weighted by atomic mass is 10.1. The molecule has 0 amide bonds. The third-order valence-electron chi connectivity index (χ3n) is 5.69. The van der Waals surface area contributed by atoms with E-state index in [2.05, 4.69) is 18.7 Å². The molecule has 166 valence electrons. The molecule has 0 saturated heterocycles. The monoisotopic (exact) mass is 421 g/mol. The predicted molar refractivity (Wildman–Crippen MR) is 128 cm³/mol. The van der Waals surface area contributed by atoms with E-state index in [9.17, 15) is 4.79 Å². The molecule has 0 unspecified atom stereocenters. The third kappa shape index (κ3) is 13.9. The van der Waals surface area contributed by atoms with E-state index in [1.54, 1.807) is 0 Å². The van der Waals surface area contributed by atoms with Gasteiger partial charge in [0.25, 0.3) is 0 Å². The van der Waals surface area contributed by atoms with E-state index in [-0.39, 0.29) is 5.78 Å². The number of carbonyl (C=O) groups excluding carboxylic acids is 1. The Balaban J connectivity index is 2.36. The van der Waals surface area contributed by atoms with E-state index >= 15 is 0 Å². The Kier molecular flexibility index (Phi) is 16.2. The fraction of sp³-hybridized carbons (Fsp3) is 0.731. The minimum atomic E-state index is 0.215. The molecule has 0 N–H and O–H groups in total. The molecule has 0 atom stereocenters. The van der Waals surface area contributed by atoms with Gasteiger partial charge in [-0.2, -0.15) is 0 Å². The third-order valence-corrected chi connectivity index (χ3v) is 5.94. The van der Waals surface area contributed by atoms with Gasteiger partial charge >= 0.3 is 0 Å². The van der Waals surface area contributed by atoms with Crippen molar-refractivity contribution in [3.63, 3.8) is 0 Å². The lowest BCUT2D eigenvalue weighted by Gasteiger charge is -2.21. The molecule has 0 spiro atoms. The van der Waals surface area contributed by atoms with Gasteiger partial charge in [0.2, 0.25) is 0 Å². The van der Waals surface area contributed by atoms with Crippen LogP contribution < -0.4 is 0 Å². The van der Waals surface area contributed by atoms with Crippen molar-refractivity contribution in [3.05, 3.63) is 34.9 Å². The largest absolute Gasteiger partial charge is 0.296 e. The van der Waals surface area contributed by atoms with Gasteiger partial charge in [0.1, 0.15) is 0 Å². The Morgan fingerprint density at radius 2 is 1.10 bits per heavy atom. The molecule has 0 aliphatic carbocycles. The molecule has 0 saturated carbocycles. The molecule has 0 radical (unpaired) electrons. The van der Waals surface area contributed by atoms with Crippen LogP contribution >= 0.6 is 11.6 Å². The predicted octanol–water partition coefficient (Wildman–Crippen LogP) is 8.33. The standard InChI is InChI=1S/C26H44ClNO/c1-3-5-7-9-11-13-15-21-28(22-16-14-12-10-8-6-4-2)23-26(29)24-17-19-25(27)20-18-24/h17-20H,3-16,21-23H2,1-2H3. The fourth-order valence-electron chi connectivity index (χ4n) is 3.79. The van der Waals surface area contributed by atoms with Gasteiger partial charge in [-0.25, -0.2) is 0 Å². The number of ketones is 1. The van der Waals surface area contributed by atoms with E-state index in [1.165, 1.54) is 89.9 Å². The molecule has 0 aliphatic rings. The SMILES string of the molecule is CCCCCCCCCN(CCCCCCCCC)CC(=O)c1ccc(Cl)cc1. The van der Waals surface area contributed by atoms with Crippen LogP contribution in [0, 0.1) is 0 Å². The average molecular weight is 422 g/mol. The zero-order valence-corrected chi connectivity index (χ0v) is 19.8. The zero-order chi connectivity index (χ0) is 21.2. The maximum absolute atomic E-state index is 12.7. The van der Waals surface area contributed by atoms with E-state index in [0.29, 0.717) is 11.6 Å². The Hall–Kier alpha value is -0.860. The maximum atomic E-state index is 12.7. The molecule has 0 aliphatic heterocycles. The van der Waals surface area contributed by atoms with E-state index in [4.69, 9.17) is 11.6 Å². The Labute approximate surface area is 185 Å². The van der Waals surface area contributed by atoms with Gasteiger partial charge in [0, 0.05) is 10.6 Å². The van der Waals surface area contributed by atoms with Crippen LogP contribution in [0.4, 0.5) is 0 Å². The Morgan fingerprint density at radius 1 is 0.690 bits per heavy atom. The minimum Gasteiger partial charge on any atom is -0.296 e. The summed E-state index contributed by atoms with van der Waals surface area (Å²) in [6, 6.07) is 7.33. The van der Waals surface area contributed by atoms with Crippen LogP contribution in [-0.4, -0.2) is 30.3 Å². The van der Waals surface area contributed by atoms with E-state index in [1.807, 2.05) is 24.3 Å². The van der Waals surface area contributed by atoms with E-state index in [0.717, 1.165) is 18.7 Å². The number of Topliss-reactive ketones (excluding diaryl/α,β-unsaturated/α-hetero) is 1. The average Bonchev–Trinajstić information content (AvgIpc) is 2.72. The minimum absolute atomic E-state index is 0.215. The summed E-state index contributed by atoms with van der Waals surface area (Å²) in [6.07, 6.45) is 18.4. The first-order valence-corrected chi connectivity index (χ1v) is 12.6. The van der Waals surface area contributed by atoms with Crippen molar-refractivity contribution >= 4 is 17.4 Å². The van der Waals surface area contributed by atoms with Gasteiger partial charge < -0.3 is 0 Å². The molecule has 0 heterocycles. The lowest BCUT2D eigenvalue weighted by molar-refractivity contribution is 0.0927. The Bertz CT molecular complexity index is 496. The first-order valence-electron chi connectivity index (χ1n) is 12.2. The zero-order valence-electron chi connectivity index (χ0n) is 19.1. The molecule has 29 heavy (non-hydrogen) atoms. The smallest absolute Gasteiger partial charge is 0.176 e. The molecular weight excluding hydrogens is 378 g/mol. The van der Waals surface area contributed by atoms with Crippen LogP contribution in [-0.2, 0) is 0 Å². The van der Waals surface area contributed by atoms with Crippen LogP contribution in [0.5, 0.6) is 0 Å². The topological polar surface area (TPSA) is 20.3 Å². The number of hydrogen-bond acceptors (Lipinski definition) is 2. The van der Waals surface area contributed by atoms with Gasteiger partial charge in [-0.1, -0.05) is 102 Å². The second kappa shape index (κ2) is 18.0. The lowest BCUT2D eigenvalue weighted by Crippen LogP contribution is -2.32. The molecule has 3 heteroatoms. The van der Waals surface area contributed by atoms with Crippen molar-refractivity contribution < 1.29 is 4.79 Å². The van der Waals surface area contributed by atoms with Crippen LogP contribution in [0.1, 0.15) is 114 Å². The van der Waals surface area contributed by atoms with Crippen LogP contribution in [0.15, 0.2) is 24.3 Å². The fourth-order valence-corrected chi connectivity index (χ4v) is 3.91. The number of nitrogens with zero attached hydrogens (tertiary/aromatic N) is 1. The highest BCUT2D eigenvalue weighted by Crippen LogP contribution is 2.13. The number of unbranched alkanes of at least 4 members (excludes halogenated alkanes) is 12. The summed E-state index contributed by atoms with van der Waals surface area (Å²) in [5, 5.41) is 0.685. The first kappa shape index (κ1) is 26.2. The van der Waals surface area contributed by atoms with Crippen molar-refractivity contribution in [3.8, 4) is 0 Å². The number of halogens is 1. The summed E-state index contributed by atoms with van der Waals surface area (Å²) >= 11 is 5.96. The van der Waals surface area contributed by atoms with Crippen LogP contribution in [0.3, 0.4) is 0 Å². The van der Waals surface area contributed by atoms with Crippen molar-refractivity contribution in [1.29, 1.82) is 0 Å². The van der Waals surface area contributed by atoms with Gasteiger partial charge in [-0.05, 0) is 50.2 Å². The highest BCUT2D eigenvalue weighted by Gasteiger charge is 2.12.